The Labute approximate surface area is 178 Å². The van der Waals surface area contributed by atoms with E-state index in [1.807, 2.05) is 0 Å². The number of hydrogen-bond acceptors (Lipinski definition) is 8. The zero-order chi connectivity index (χ0) is 21.9. The summed E-state index contributed by atoms with van der Waals surface area (Å²) in [6.07, 6.45) is 1.45. The van der Waals surface area contributed by atoms with Gasteiger partial charge in [0.15, 0.2) is 0 Å². The lowest BCUT2D eigenvalue weighted by atomic mass is 10.3. The molecule has 0 aliphatic rings. The summed E-state index contributed by atoms with van der Waals surface area (Å²) in [4.78, 5) is -0.203. The van der Waals surface area contributed by atoms with Crippen LogP contribution in [0.4, 0.5) is 5.69 Å². The Kier molecular flexibility index (Phi) is 6.43. The van der Waals surface area contributed by atoms with Gasteiger partial charge in [-0.25, -0.2) is 13.6 Å². The zero-order valence-electron chi connectivity index (χ0n) is 15.6. The van der Waals surface area contributed by atoms with Crippen molar-refractivity contribution < 1.29 is 30.5 Å². The molecule has 0 spiro atoms. The molecule has 0 aliphatic carbocycles. The van der Waals surface area contributed by atoms with Gasteiger partial charge in [0.05, 0.1) is 30.5 Å². The van der Waals surface area contributed by atoms with E-state index < -0.39 is 29.9 Å². The highest BCUT2D eigenvalue weighted by Gasteiger charge is 2.24. The van der Waals surface area contributed by atoms with E-state index in [-0.39, 0.29) is 17.1 Å². The van der Waals surface area contributed by atoms with Crippen molar-refractivity contribution in [3.63, 3.8) is 0 Å². The molecule has 1 aromatic heterocycles. The number of hydrogen-bond donors (Lipinski definition) is 3. The van der Waals surface area contributed by atoms with Crippen molar-refractivity contribution in [2.75, 3.05) is 12.4 Å². The fourth-order valence-corrected chi connectivity index (χ4v) is 5.27. The number of rotatable bonds is 8. The van der Waals surface area contributed by atoms with Crippen LogP contribution in [0.2, 0.25) is 0 Å². The molecule has 0 radical (unpaired) electrons. The SMILES string of the molecule is COc1ccc(Sc2cc(NCc3ccco3)c(S(=O)(=O)O)cc2S(N)(=O)=O)cc1. The highest BCUT2D eigenvalue weighted by molar-refractivity contribution is 8.00. The van der Waals surface area contributed by atoms with Crippen LogP contribution in [0.1, 0.15) is 5.76 Å². The maximum Gasteiger partial charge on any atom is 0.296 e. The van der Waals surface area contributed by atoms with Crippen molar-refractivity contribution in [2.24, 2.45) is 5.14 Å². The number of sulfonamides is 1. The molecule has 4 N–H and O–H groups in total. The van der Waals surface area contributed by atoms with E-state index in [1.54, 1.807) is 36.4 Å². The molecular weight excluding hydrogens is 452 g/mol. The van der Waals surface area contributed by atoms with E-state index in [0.717, 1.165) is 17.8 Å². The third kappa shape index (κ3) is 5.34. The molecule has 0 amide bonds. The minimum Gasteiger partial charge on any atom is -0.497 e. The number of anilines is 1. The molecule has 12 heteroatoms. The summed E-state index contributed by atoms with van der Waals surface area (Å²) in [5, 5.41) is 8.14. The Morgan fingerprint density at radius 2 is 1.80 bits per heavy atom. The van der Waals surface area contributed by atoms with Crippen LogP contribution in [0.15, 0.2) is 78.8 Å². The minimum absolute atomic E-state index is 0.00249. The van der Waals surface area contributed by atoms with Gasteiger partial charge in [0.25, 0.3) is 10.1 Å². The normalized spacial score (nSPS) is 12.0. The topological polar surface area (TPSA) is 149 Å². The fraction of sp³-hybridized carbons (Fsp3) is 0.111. The van der Waals surface area contributed by atoms with Gasteiger partial charge in [-0.2, -0.15) is 8.42 Å². The van der Waals surface area contributed by atoms with Crippen LogP contribution in [0.5, 0.6) is 5.75 Å². The third-order valence-electron chi connectivity index (χ3n) is 3.95. The van der Waals surface area contributed by atoms with Crippen LogP contribution < -0.4 is 15.2 Å². The first-order valence-electron chi connectivity index (χ1n) is 8.34. The van der Waals surface area contributed by atoms with Gasteiger partial charge in [0.2, 0.25) is 10.0 Å². The van der Waals surface area contributed by atoms with Crippen LogP contribution in [0.25, 0.3) is 0 Å². The molecular formula is C18H18N2O7S3. The predicted molar refractivity (Wildman–Crippen MR) is 111 cm³/mol. The van der Waals surface area contributed by atoms with Crippen molar-refractivity contribution >= 4 is 37.6 Å². The molecule has 3 rings (SSSR count). The van der Waals surface area contributed by atoms with Crippen LogP contribution in [0, 0.1) is 0 Å². The summed E-state index contributed by atoms with van der Waals surface area (Å²) in [5.41, 5.74) is -0.00249. The summed E-state index contributed by atoms with van der Waals surface area (Å²) >= 11 is 1.06. The van der Waals surface area contributed by atoms with Gasteiger partial charge < -0.3 is 14.5 Å². The Balaban J connectivity index is 2.09. The summed E-state index contributed by atoms with van der Waals surface area (Å²) in [6.45, 7) is 0.108. The lowest BCUT2D eigenvalue weighted by Gasteiger charge is -2.15. The fourth-order valence-electron chi connectivity index (χ4n) is 2.56. The summed E-state index contributed by atoms with van der Waals surface area (Å²) < 4.78 is 67.9. The summed E-state index contributed by atoms with van der Waals surface area (Å²) in [6, 6.07) is 12.3. The van der Waals surface area contributed by atoms with Crippen LogP contribution in [0.3, 0.4) is 0 Å². The first-order chi connectivity index (χ1) is 14.1. The molecule has 2 aromatic carbocycles. The average Bonchev–Trinajstić information content (AvgIpc) is 3.18. The highest BCUT2D eigenvalue weighted by atomic mass is 32.2. The number of benzene rings is 2. The standard InChI is InChI=1S/C18H18N2O7S3/c1-26-12-4-6-14(7-5-12)28-16-9-15(20-11-13-3-2-8-27-13)17(30(23,24)25)10-18(16)29(19,21)22/h2-10,20H,11H2,1H3,(H2,19,21,22)(H,23,24,25). The van der Waals surface area contributed by atoms with E-state index >= 15 is 0 Å². The molecule has 30 heavy (non-hydrogen) atoms. The van der Waals surface area contributed by atoms with Gasteiger partial charge >= 0.3 is 0 Å². The number of nitrogens with two attached hydrogens (primary N) is 1. The summed E-state index contributed by atoms with van der Waals surface area (Å²) in [7, 11) is -7.52. The van der Waals surface area contributed by atoms with Gasteiger partial charge in [-0.3, -0.25) is 4.55 Å². The lowest BCUT2D eigenvalue weighted by molar-refractivity contribution is 0.414. The number of methoxy groups -OCH3 is 1. The second kappa shape index (κ2) is 8.70. The van der Waals surface area contributed by atoms with Crippen molar-refractivity contribution in [2.45, 2.75) is 26.1 Å². The number of primary sulfonamides is 1. The number of ether oxygens (including phenoxy) is 1. The molecule has 0 saturated heterocycles. The smallest absolute Gasteiger partial charge is 0.296 e. The summed E-state index contributed by atoms with van der Waals surface area (Å²) in [5.74, 6) is 1.13. The quantitative estimate of drug-likeness (QED) is 0.422. The second-order valence-corrected chi connectivity index (χ2v) is 10.1. The van der Waals surface area contributed by atoms with Crippen molar-refractivity contribution in [3.05, 3.63) is 60.6 Å². The monoisotopic (exact) mass is 470 g/mol. The molecule has 0 bridgehead atoms. The van der Waals surface area contributed by atoms with Gasteiger partial charge in [-0.1, -0.05) is 11.8 Å². The van der Waals surface area contributed by atoms with E-state index in [9.17, 15) is 21.4 Å². The van der Waals surface area contributed by atoms with Gasteiger partial charge in [-0.05, 0) is 48.5 Å². The first kappa shape index (κ1) is 22.2. The molecule has 9 nitrogen and oxygen atoms in total. The molecule has 0 saturated carbocycles. The maximum atomic E-state index is 12.1. The van der Waals surface area contributed by atoms with Crippen molar-refractivity contribution in [3.8, 4) is 5.75 Å². The van der Waals surface area contributed by atoms with Crippen LogP contribution in [-0.2, 0) is 26.7 Å². The van der Waals surface area contributed by atoms with E-state index in [0.29, 0.717) is 16.4 Å². The second-order valence-electron chi connectivity index (χ2n) is 6.03. The molecule has 1 heterocycles. The zero-order valence-corrected chi connectivity index (χ0v) is 18.1. The van der Waals surface area contributed by atoms with Crippen LogP contribution >= 0.6 is 11.8 Å². The predicted octanol–water partition coefficient (Wildman–Crippen LogP) is 2.95. The average molecular weight is 471 g/mol. The van der Waals surface area contributed by atoms with Gasteiger partial charge in [0, 0.05) is 9.79 Å². The molecule has 0 aliphatic heterocycles. The molecule has 0 atom stereocenters. The van der Waals surface area contributed by atoms with Crippen LogP contribution in [-0.4, -0.2) is 28.5 Å². The highest BCUT2D eigenvalue weighted by Crippen LogP contribution is 2.38. The van der Waals surface area contributed by atoms with E-state index in [2.05, 4.69) is 5.32 Å². The number of furan rings is 1. The Morgan fingerprint density at radius 3 is 2.33 bits per heavy atom. The molecule has 3 aromatic rings. The Bertz CT molecular complexity index is 1240. The Hall–Kier alpha value is -2.51. The minimum atomic E-state index is -4.74. The third-order valence-corrected chi connectivity index (χ3v) is 6.99. The molecule has 0 fully saturated rings. The molecule has 160 valence electrons. The van der Waals surface area contributed by atoms with Crippen molar-refractivity contribution in [1.82, 2.24) is 0 Å². The largest absolute Gasteiger partial charge is 0.497 e. The number of nitrogens with one attached hydrogen (secondary N) is 1. The maximum absolute atomic E-state index is 12.1. The first-order valence-corrected chi connectivity index (χ1v) is 12.1. The van der Waals surface area contributed by atoms with Gasteiger partial charge in [0.1, 0.15) is 16.4 Å². The Morgan fingerprint density at radius 1 is 1.10 bits per heavy atom. The molecule has 0 unspecified atom stereocenters. The van der Waals surface area contributed by atoms with Crippen molar-refractivity contribution in [1.29, 1.82) is 0 Å². The van der Waals surface area contributed by atoms with E-state index in [1.165, 1.54) is 19.4 Å². The van der Waals surface area contributed by atoms with Gasteiger partial charge in [-0.15, -0.1) is 0 Å². The van der Waals surface area contributed by atoms with E-state index in [4.69, 9.17) is 14.3 Å². The lowest BCUT2D eigenvalue weighted by Crippen LogP contribution is -2.16.